The largest absolute Gasteiger partial charge is 0.460 e. The second-order valence-electron chi connectivity index (χ2n) is 4.44. The molecule has 0 bridgehead atoms. The van der Waals surface area contributed by atoms with Gasteiger partial charge in [0, 0.05) is 12.1 Å². The number of carbonyl (C=O) groups is 1. The van der Waals surface area contributed by atoms with Gasteiger partial charge in [-0.1, -0.05) is 0 Å². The van der Waals surface area contributed by atoms with E-state index in [1.807, 2.05) is 13.8 Å². The number of nitro groups is 1. The number of aryl methyl sites for hydroxylation is 1. The zero-order valence-corrected chi connectivity index (χ0v) is 11.5. The molecule has 0 aliphatic carbocycles. The Labute approximate surface area is 115 Å². The fraction of sp³-hybridized carbons (Fsp3) is 0.462. The van der Waals surface area contributed by atoms with Gasteiger partial charge in [-0.2, -0.15) is 0 Å². The molecule has 0 fully saturated rings. The third-order valence-corrected chi connectivity index (χ3v) is 2.44. The number of esters is 1. The van der Waals surface area contributed by atoms with E-state index < -0.39 is 22.3 Å². The summed E-state index contributed by atoms with van der Waals surface area (Å²) in [5.74, 6) is -1.76. The molecule has 0 spiro atoms. The predicted octanol–water partition coefficient (Wildman–Crippen LogP) is 2.62. The van der Waals surface area contributed by atoms with Crippen molar-refractivity contribution in [1.82, 2.24) is 0 Å². The summed E-state index contributed by atoms with van der Waals surface area (Å²) in [4.78, 5) is 21.7. The van der Waals surface area contributed by atoms with E-state index >= 15 is 0 Å². The molecule has 1 rings (SSSR count). The van der Waals surface area contributed by atoms with E-state index in [1.54, 1.807) is 0 Å². The van der Waals surface area contributed by atoms with Crippen molar-refractivity contribution in [1.29, 1.82) is 0 Å². The second kappa shape index (κ2) is 6.95. The van der Waals surface area contributed by atoms with E-state index in [-0.39, 0.29) is 30.6 Å². The Kier molecular flexibility index (Phi) is 5.57. The minimum Gasteiger partial charge on any atom is -0.460 e. The van der Waals surface area contributed by atoms with E-state index in [0.29, 0.717) is 0 Å². The Hall–Kier alpha value is -2.02. The van der Waals surface area contributed by atoms with Gasteiger partial charge in [0.2, 0.25) is 0 Å². The zero-order valence-electron chi connectivity index (χ0n) is 11.5. The van der Waals surface area contributed by atoms with Crippen LogP contribution in [0, 0.1) is 22.9 Å². The monoisotopic (exact) mass is 285 g/mol. The van der Waals surface area contributed by atoms with Gasteiger partial charge in [0.05, 0.1) is 17.6 Å². The Morgan fingerprint density at radius 1 is 1.40 bits per heavy atom. The first-order valence-electron chi connectivity index (χ1n) is 6.06. The van der Waals surface area contributed by atoms with Crippen LogP contribution in [0.25, 0.3) is 0 Å². The number of non-ortho nitro benzene ring substituents is 1. The quantitative estimate of drug-likeness (QED) is 0.347. The molecule has 0 heterocycles. The van der Waals surface area contributed by atoms with Crippen LogP contribution in [0.2, 0.25) is 0 Å². The fourth-order valence-corrected chi connectivity index (χ4v) is 1.50. The maximum Gasteiger partial charge on any atom is 0.341 e. The minimum atomic E-state index is -0.943. The fourth-order valence-electron chi connectivity index (χ4n) is 1.50. The van der Waals surface area contributed by atoms with Crippen molar-refractivity contribution >= 4 is 11.7 Å². The molecule has 0 unspecified atom stereocenters. The third-order valence-electron chi connectivity index (χ3n) is 2.44. The van der Waals surface area contributed by atoms with E-state index in [9.17, 15) is 19.3 Å². The summed E-state index contributed by atoms with van der Waals surface area (Å²) in [5.41, 5.74) is -0.778. The first-order valence-corrected chi connectivity index (χ1v) is 6.06. The van der Waals surface area contributed by atoms with Crippen molar-refractivity contribution in [3.63, 3.8) is 0 Å². The number of rotatable bonds is 6. The predicted molar refractivity (Wildman–Crippen MR) is 69.2 cm³/mol. The molecule has 1 aromatic carbocycles. The summed E-state index contributed by atoms with van der Waals surface area (Å²) in [5, 5.41) is 10.7. The van der Waals surface area contributed by atoms with Crippen molar-refractivity contribution in [3.8, 4) is 0 Å². The highest BCUT2D eigenvalue weighted by atomic mass is 19.1. The molecule has 7 heteroatoms. The number of halogens is 1. The minimum absolute atomic E-state index is 0.00880. The Morgan fingerprint density at radius 2 is 2.05 bits per heavy atom. The van der Waals surface area contributed by atoms with Crippen LogP contribution in [-0.4, -0.2) is 30.2 Å². The molecule has 0 saturated heterocycles. The van der Waals surface area contributed by atoms with Gasteiger partial charge in [0.1, 0.15) is 18.0 Å². The van der Waals surface area contributed by atoms with Crippen LogP contribution in [0.5, 0.6) is 0 Å². The van der Waals surface area contributed by atoms with Gasteiger partial charge in [-0.15, -0.1) is 0 Å². The van der Waals surface area contributed by atoms with Crippen LogP contribution >= 0.6 is 0 Å². The van der Waals surface area contributed by atoms with Crippen molar-refractivity contribution < 1.29 is 23.6 Å². The summed E-state index contributed by atoms with van der Waals surface area (Å²) in [6.07, 6.45) is -0.00880. The summed E-state index contributed by atoms with van der Waals surface area (Å²) in [6, 6.07) is 1.93. The molecule has 20 heavy (non-hydrogen) atoms. The zero-order chi connectivity index (χ0) is 15.3. The molecule has 0 aliphatic heterocycles. The van der Waals surface area contributed by atoms with E-state index in [2.05, 4.69) is 0 Å². The van der Waals surface area contributed by atoms with Crippen LogP contribution in [0.3, 0.4) is 0 Å². The van der Waals surface area contributed by atoms with E-state index in [1.165, 1.54) is 6.92 Å². The number of ether oxygens (including phenoxy) is 2. The molecule has 0 radical (unpaired) electrons. The molecule has 110 valence electrons. The molecule has 6 nitrogen and oxygen atoms in total. The Bertz CT molecular complexity index is 516. The summed E-state index contributed by atoms with van der Waals surface area (Å²) < 4.78 is 23.8. The number of nitrogens with zero attached hydrogens (tertiary/aromatic N) is 1. The van der Waals surface area contributed by atoms with Gasteiger partial charge in [-0.05, 0) is 26.3 Å². The van der Waals surface area contributed by atoms with Gasteiger partial charge in [-0.3, -0.25) is 10.1 Å². The lowest BCUT2D eigenvalue weighted by molar-refractivity contribution is -0.385. The van der Waals surface area contributed by atoms with Gasteiger partial charge in [0.15, 0.2) is 0 Å². The highest BCUT2D eigenvalue weighted by molar-refractivity contribution is 5.90. The highest BCUT2D eigenvalue weighted by Crippen LogP contribution is 2.21. The topological polar surface area (TPSA) is 78.7 Å². The van der Waals surface area contributed by atoms with Crippen LogP contribution < -0.4 is 0 Å². The average Bonchev–Trinajstić information content (AvgIpc) is 2.36. The lowest BCUT2D eigenvalue weighted by atomic mass is 10.1. The molecule has 1 aromatic rings. The SMILES string of the molecule is Cc1cc([N+](=O)[O-])cc(C(=O)OCCOC(C)C)c1F. The molecule has 0 N–H and O–H groups in total. The Balaban J connectivity index is 2.79. The van der Waals surface area contributed by atoms with Gasteiger partial charge >= 0.3 is 5.97 Å². The molecule has 0 saturated carbocycles. The van der Waals surface area contributed by atoms with E-state index in [0.717, 1.165) is 12.1 Å². The highest BCUT2D eigenvalue weighted by Gasteiger charge is 2.20. The van der Waals surface area contributed by atoms with Gasteiger partial charge in [0.25, 0.3) is 5.69 Å². The third kappa shape index (κ3) is 4.27. The van der Waals surface area contributed by atoms with Crippen molar-refractivity contribution in [2.24, 2.45) is 0 Å². The molecule has 0 aliphatic rings. The average molecular weight is 285 g/mol. The maximum absolute atomic E-state index is 13.8. The van der Waals surface area contributed by atoms with Crippen molar-refractivity contribution in [2.75, 3.05) is 13.2 Å². The molecular weight excluding hydrogens is 269 g/mol. The molecule has 0 amide bonds. The van der Waals surface area contributed by atoms with E-state index in [4.69, 9.17) is 9.47 Å². The van der Waals surface area contributed by atoms with Crippen molar-refractivity contribution in [2.45, 2.75) is 26.9 Å². The van der Waals surface area contributed by atoms with Gasteiger partial charge in [-0.25, -0.2) is 9.18 Å². The van der Waals surface area contributed by atoms with Crippen LogP contribution in [0.4, 0.5) is 10.1 Å². The summed E-state index contributed by atoms with van der Waals surface area (Å²) in [6.45, 7) is 5.13. The van der Waals surface area contributed by atoms with Crippen LogP contribution in [0.1, 0.15) is 29.8 Å². The maximum atomic E-state index is 13.8. The molecule has 0 aromatic heterocycles. The lowest BCUT2D eigenvalue weighted by Gasteiger charge is -2.09. The second-order valence-corrected chi connectivity index (χ2v) is 4.44. The summed E-state index contributed by atoms with van der Waals surface area (Å²) in [7, 11) is 0. The first kappa shape index (κ1) is 16.0. The summed E-state index contributed by atoms with van der Waals surface area (Å²) >= 11 is 0. The van der Waals surface area contributed by atoms with Gasteiger partial charge < -0.3 is 9.47 Å². The normalized spacial score (nSPS) is 10.7. The number of hydrogen-bond acceptors (Lipinski definition) is 5. The number of carbonyl (C=O) groups excluding carboxylic acids is 1. The molecule has 0 atom stereocenters. The van der Waals surface area contributed by atoms with Crippen LogP contribution in [0.15, 0.2) is 12.1 Å². The Morgan fingerprint density at radius 3 is 2.60 bits per heavy atom. The van der Waals surface area contributed by atoms with Crippen molar-refractivity contribution in [3.05, 3.63) is 39.2 Å². The molecular formula is C13H16FNO5. The number of nitro benzene ring substituents is 1. The number of benzene rings is 1. The first-order chi connectivity index (χ1) is 9.32. The smallest absolute Gasteiger partial charge is 0.341 e. The number of hydrogen-bond donors (Lipinski definition) is 0. The standard InChI is InChI=1S/C13H16FNO5/c1-8(2)19-4-5-20-13(16)11-7-10(15(17)18)6-9(3)12(11)14/h6-8H,4-5H2,1-3H3. The lowest BCUT2D eigenvalue weighted by Crippen LogP contribution is -2.15. The van der Waals surface area contributed by atoms with Crippen LogP contribution in [-0.2, 0) is 9.47 Å².